The van der Waals surface area contributed by atoms with Crippen LogP contribution in [0.2, 0.25) is 0 Å². The van der Waals surface area contributed by atoms with Crippen LogP contribution in [0.15, 0.2) is 46.2 Å². The number of aryl methyl sites for hydroxylation is 1. The highest BCUT2D eigenvalue weighted by Gasteiger charge is 2.21. The number of carbonyl (C=O) groups is 2. The van der Waals surface area contributed by atoms with Gasteiger partial charge in [-0.05, 0) is 39.0 Å². The molecule has 1 amide bonds. The van der Waals surface area contributed by atoms with Crippen molar-refractivity contribution in [2.24, 2.45) is 7.05 Å². The average molecular weight is 384 g/mol. The zero-order valence-corrected chi connectivity index (χ0v) is 16.3. The van der Waals surface area contributed by atoms with Crippen LogP contribution >= 0.6 is 11.8 Å². The fourth-order valence-corrected chi connectivity index (χ4v) is 3.43. The Hall–Kier alpha value is -2.87. The molecular weight excluding hydrogens is 364 g/mol. The molecule has 7 nitrogen and oxygen atoms in total. The molecule has 1 aromatic carbocycles. The lowest BCUT2D eigenvalue weighted by Crippen LogP contribution is -2.23. The fraction of sp³-hybridized carbons (Fsp3) is 0.263. The maximum Gasteiger partial charge on any atom is 0.237 e. The van der Waals surface area contributed by atoms with Gasteiger partial charge >= 0.3 is 0 Å². The molecule has 0 aliphatic carbocycles. The summed E-state index contributed by atoms with van der Waals surface area (Å²) in [5.41, 5.74) is 1.86. The first-order chi connectivity index (χ1) is 12.9. The van der Waals surface area contributed by atoms with Gasteiger partial charge in [-0.15, -0.1) is 10.2 Å². The first-order valence-corrected chi connectivity index (χ1v) is 9.27. The van der Waals surface area contributed by atoms with Crippen LogP contribution in [0.5, 0.6) is 0 Å². The summed E-state index contributed by atoms with van der Waals surface area (Å²) >= 11 is 1.30. The highest BCUT2D eigenvalue weighted by molar-refractivity contribution is 8.00. The molecule has 0 aliphatic rings. The smallest absolute Gasteiger partial charge is 0.237 e. The van der Waals surface area contributed by atoms with Crippen LogP contribution in [0.3, 0.4) is 0 Å². The number of carbonyl (C=O) groups excluding carboxylic acids is 2. The third kappa shape index (κ3) is 3.95. The van der Waals surface area contributed by atoms with Crippen LogP contribution in [0, 0.1) is 6.92 Å². The molecule has 0 spiro atoms. The Morgan fingerprint density at radius 3 is 2.63 bits per heavy atom. The Kier molecular flexibility index (Phi) is 5.46. The Morgan fingerprint density at radius 2 is 1.96 bits per heavy atom. The molecule has 0 saturated carbocycles. The number of nitrogens with one attached hydrogen (secondary N) is 1. The third-order valence-electron chi connectivity index (χ3n) is 4.15. The highest BCUT2D eigenvalue weighted by atomic mass is 32.2. The standard InChI is InChI=1S/C19H20N4O3S/c1-11(24)14-7-5-6-8-16(14)20-18(25)13(3)27-19-22-21-17(23(19)4)15-9-10-26-12(15)2/h5-10,13H,1-4H3,(H,20,25)/t13-/m1/s1. The molecule has 1 atom stereocenters. The molecule has 0 aliphatic heterocycles. The van der Waals surface area contributed by atoms with Crippen molar-refractivity contribution in [2.75, 3.05) is 5.32 Å². The number of rotatable bonds is 6. The topological polar surface area (TPSA) is 90.0 Å². The summed E-state index contributed by atoms with van der Waals surface area (Å²) in [6.07, 6.45) is 1.61. The molecule has 3 rings (SSSR count). The minimum atomic E-state index is -0.425. The van der Waals surface area contributed by atoms with E-state index in [0.29, 0.717) is 22.2 Å². The van der Waals surface area contributed by atoms with Crippen molar-refractivity contribution < 1.29 is 14.0 Å². The molecule has 0 radical (unpaired) electrons. The van der Waals surface area contributed by atoms with E-state index in [0.717, 1.165) is 11.3 Å². The predicted molar refractivity (Wildman–Crippen MR) is 104 cm³/mol. The monoisotopic (exact) mass is 384 g/mol. The second kappa shape index (κ2) is 7.79. The summed E-state index contributed by atoms with van der Waals surface area (Å²) in [5.74, 6) is 1.13. The van der Waals surface area contributed by atoms with Gasteiger partial charge in [0.2, 0.25) is 5.91 Å². The second-order valence-corrected chi connectivity index (χ2v) is 7.41. The summed E-state index contributed by atoms with van der Waals surface area (Å²) in [6, 6.07) is 8.79. The van der Waals surface area contributed by atoms with Crippen LogP contribution in [-0.4, -0.2) is 31.7 Å². The quantitative estimate of drug-likeness (QED) is 0.515. The Bertz CT molecular complexity index is 993. The number of para-hydroxylation sites is 1. The van der Waals surface area contributed by atoms with E-state index in [1.807, 2.05) is 24.6 Å². The van der Waals surface area contributed by atoms with E-state index < -0.39 is 5.25 Å². The number of nitrogens with zero attached hydrogens (tertiary/aromatic N) is 3. The van der Waals surface area contributed by atoms with Gasteiger partial charge in [-0.3, -0.25) is 9.59 Å². The van der Waals surface area contributed by atoms with E-state index in [2.05, 4.69) is 15.5 Å². The van der Waals surface area contributed by atoms with Gasteiger partial charge < -0.3 is 14.3 Å². The number of furan rings is 1. The molecular formula is C19H20N4O3S. The number of Topliss-reactive ketones (excluding diaryl/α,β-unsaturated/α-hetero) is 1. The molecule has 8 heteroatoms. The molecule has 140 valence electrons. The molecule has 0 saturated heterocycles. The zero-order chi connectivity index (χ0) is 19.6. The lowest BCUT2D eigenvalue weighted by molar-refractivity contribution is -0.115. The number of benzene rings is 1. The maximum absolute atomic E-state index is 12.6. The van der Waals surface area contributed by atoms with E-state index in [1.165, 1.54) is 18.7 Å². The zero-order valence-electron chi connectivity index (χ0n) is 15.5. The molecule has 0 unspecified atom stereocenters. The van der Waals surface area contributed by atoms with Gasteiger partial charge in [0.05, 0.1) is 22.8 Å². The lowest BCUT2D eigenvalue weighted by atomic mass is 10.1. The first kappa shape index (κ1) is 18.9. The number of amides is 1. The molecule has 1 N–H and O–H groups in total. The van der Waals surface area contributed by atoms with Crippen LogP contribution in [-0.2, 0) is 11.8 Å². The van der Waals surface area contributed by atoms with Crippen LogP contribution < -0.4 is 5.32 Å². The first-order valence-electron chi connectivity index (χ1n) is 8.39. The predicted octanol–water partition coefficient (Wildman–Crippen LogP) is 3.71. The van der Waals surface area contributed by atoms with Gasteiger partial charge in [0.15, 0.2) is 16.8 Å². The van der Waals surface area contributed by atoms with Crippen molar-refractivity contribution >= 4 is 29.1 Å². The van der Waals surface area contributed by atoms with Crippen LogP contribution in [0.1, 0.15) is 30.0 Å². The largest absolute Gasteiger partial charge is 0.469 e. The summed E-state index contributed by atoms with van der Waals surface area (Å²) in [5, 5.41) is 11.4. The van der Waals surface area contributed by atoms with E-state index in [1.54, 1.807) is 37.5 Å². The fourth-order valence-electron chi connectivity index (χ4n) is 2.61. The van der Waals surface area contributed by atoms with Gasteiger partial charge in [-0.25, -0.2) is 0 Å². The van der Waals surface area contributed by atoms with Crippen molar-refractivity contribution in [1.29, 1.82) is 0 Å². The SMILES string of the molecule is CC(=O)c1ccccc1NC(=O)[C@@H](C)Sc1nnc(-c2ccoc2C)n1C. The molecule has 0 fully saturated rings. The normalized spacial score (nSPS) is 12.0. The second-order valence-electron chi connectivity index (χ2n) is 6.11. The molecule has 2 heterocycles. The van der Waals surface area contributed by atoms with E-state index in [4.69, 9.17) is 4.42 Å². The Balaban J connectivity index is 1.74. The number of anilines is 1. The van der Waals surface area contributed by atoms with Crippen molar-refractivity contribution in [3.63, 3.8) is 0 Å². The Morgan fingerprint density at radius 1 is 1.22 bits per heavy atom. The average Bonchev–Trinajstić information content (AvgIpc) is 3.21. The molecule has 3 aromatic rings. The van der Waals surface area contributed by atoms with Gasteiger partial charge in [0.25, 0.3) is 0 Å². The van der Waals surface area contributed by atoms with Gasteiger partial charge in [-0.1, -0.05) is 23.9 Å². The highest BCUT2D eigenvalue weighted by Crippen LogP contribution is 2.28. The Labute approximate surface area is 161 Å². The van der Waals surface area contributed by atoms with Crippen molar-refractivity contribution in [2.45, 2.75) is 31.2 Å². The minimum Gasteiger partial charge on any atom is -0.469 e. The van der Waals surface area contributed by atoms with Crippen LogP contribution in [0.25, 0.3) is 11.4 Å². The number of hydrogen-bond donors (Lipinski definition) is 1. The lowest BCUT2D eigenvalue weighted by Gasteiger charge is -2.13. The van der Waals surface area contributed by atoms with E-state index in [-0.39, 0.29) is 11.7 Å². The summed E-state index contributed by atoms with van der Waals surface area (Å²) in [6.45, 7) is 5.12. The number of aromatic nitrogens is 3. The molecule has 27 heavy (non-hydrogen) atoms. The number of hydrogen-bond acceptors (Lipinski definition) is 6. The van der Waals surface area contributed by atoms with Crippen LogP contribution in [0.4, 0.5) is 5.69 Å². The van der Waals surface area contributed by atoms with Crippen molar-refractivity contribution in [3.05, 3.63) is 47.9 Å². The van der Waals surface area contributed by atoms with E-state index in [9.17, 15) is 9.59 Å². The molecule has 0 bridgehead atoms. The van der Waals surface area contributed by atoms with Gasteiger partial charge in [0, 0.05) is 12.6 Å². The van der Waals surface area contributed by atoms with Crippen molar-refractivity contribution in [3.8, 4) is 11.4 Å². The third-order valence-corrected chi connectivity index (χ3v) is 5.28. The van der Waals surface area contributed by atoms with Crippen molar-refractivity contribution in [1.82, 2.24) is 14.8 Å². The van der Waals surface area contributed by atoms with Gasteiger partial charge in [0.1, 0.15) is 5.76 Å². The van der Waals surface area contributed by atoms with E-state index >= 15 is 0 Å². The van der Waals surface area contributed by atoms with Gasteiger partial charge in [-0.2, -0.15) is 0 Å². The summed E-state index contributed by atoms with van der Waals surface area (Å²) < 4.78 is 7.15. The number of thioether (sulfide) groups is 1. The number of ketones is 1. The summed E-state index contributed by atoms with van der Waals surface area (Å²) in [4.78, 5) is 24.3. The summed E-state index contributed by atoms with van der Waals surface area (Å²) in [7, 11) is 1.85. The minimum absolute atomic E-state index is 0.0976. The molecule has 2 aromatic heterocycles. The maximum atomic E-state index is 12.6.